The Labute approximate surface area is 112 Å². The van der Waals surface area contributed by atoms with Gasteiger partial charge in [0.05, 0.1) is 6.61 Å². The van der Waals surface area contributed by atoms with Crippen LogP contribution in [0.15, 0.2) is 24.3 Å². The number of nitrogen functional groups attached to an aromatic ring is 1. The summed E-state index contributed by atoms with van der Waals surface area (Å²) in [6.45, 7) is 7.19. The van der Waals surface area contributed by atoms with Gasteiger partial charge in [-0.3, -0.25) is 10.2 Å². The van der Waals surface area contributed by atoms with Crippen LogP contribution in [0.5, 0.6) is 5.75 Å². The lowest BCUT2D eigenvalue weighted by molar-refractivity contribution is 0.0953. The molecule has 1 aromatic carbocycles. The van der Waals surface area contributed by atoms with Crippen LogP contribution >= 0.6 is 11.8 Å². The molecule has 0 atom stereocenters. The number of nitrogens with two attached hydrogens (primary N) is 1. The van der Waals surface area contributed by atoms with Crippen LogP contribution in [0.3, 0.4) is 0 Å². The van der Waals surface area contributed by atoms with Gasteiger partial charge in [0.1, 0.15) is 5.75 Å². The molecule has 0 fully saturated rings. The van der Waals surface area contributed by atoms with Crippen LogP contribution in [-0.4, -0.2) is 23.0 Å². The maximum absolute atomic E-state index is 11.2. The zero-order valence-electron chi connectivity index (χ0n) is 11.0. The summed E-state index contributed by atoms with van der Waals surface area (Å²) in [5.41, 5.74) is 2.61. The fraction of sp³-hybridized carbons (Fsp3) is 0.462. The highest BCUT2D eigenvalue weighted by molar-refractivity contribution is 8.00. The maximum atomic E-state index is 11.2. The summed E-state index contributed by atoms with van der Waals surface area (Å²) in [4.78, 5) is 11.2. The first kappa shape index (κ1) is 14.9. The minimum absolute atomic E-state index is 0.256. The molecule has 0 aliphatic rings. The lowest BCUT2D eigenvalue weighted by Gasteiger charge is -2.17. The number of benzene rings is 1. The van der Waals surface area contributed by atoms with Gasteiger partial charge in [0.2, 0.25) is 0 Å². The van der Waals surface area contributed by atoms with E-state index in [-0.39, 0.29) is 10.7 Å². The summed E-state index contributed by atoms with van der Waals surface area (Å²) in [6, 6.07) is 6.92. The van der Waals surface area contributed by atoms with Gasteiger partial charge in [-0.05, 0) is 24.3 Å². The van der Waals surface area contributed by atoms with E-state index in [0.717, 1.165) is 11.5 Å². The molecule has 18 heavy (non-hydrogen) atoms. The molecule has 0 saturated carbocycles. The van der Waals surface area contributed by atoms with Gasteiger partial charge in [0.15, 0.2) is 0 Å². The molecule has 1 rings (SSSR count). The summed E-state index contributed by atoms with van der Waals surface area (Å²) in [5, 5.41) is 0. The molecule has 5 heteroatoms. The van der Waals surface area contributed by atoms with Crippen molar-refractivity contribution in [2.75, 3.05) is 12.4 Å². The van der Waals surface area contributed by atoms with E-state index in [4.69, 9.17) is 10.6 Å². The van der Waals surface area contributed by atoms with Crippen molar-refractivity contribution < 1.29 is 9.53 Å². The quantitative estimate of drug-likeness (QED) is 0.372. The van der Waals surface area contributed by atoms with Gasteiger partial charge in [0, 0.05) is 16.1 Å². The fourth-order valence-corrected chi connectivity index (χ4v) is 2.07. The molecular formula is C13H20N2O2S. The maximum Gasteiger partial charge on any atom is 0.265 e. The van der Waals surface area contributed by atoms with Crippen LogP contribution in [0.4, 0.5) is 0 Å². The molecular weight excluding hydrogens is 248 g/mol. The molecule has 0 unspecified atom stereocenters. The van der Waals surface area contributed by atoms with E-state index in [1.807, 2.05) is 11.8 Å². The Hall–Kier alpha value is -1.20. The van der Waals surface area contributed by atoms with Crippen LogP contribution in [0.1, 0.15) is 31.1 Å². The fourth-order valence-electron chi connectivity index (χ4n) is 1.29. The van der Waals surface area contributed by atoms with Gasteiger partial charge in [-0.2, -0.15) is 11.8 Å². The zero-order valence-corrected chi connectivity index (χ0v) is 11.8. The molecule has 0 saturated heterocycles. The zero-order chi connectivity index (χ0) is 13.6. The van der Waals surface area contributed by atoms with Crippen molar-refractivity contribution in [1.29, 1.82) is 0 Å². The van der Waals surface area contributed by atoms with E-state index in [1.165, 1.54) is 0 Å². The highest BCUT2D eigenvalue weighted by Crippen LogP contribution is 2.22. The van der Waals surface area contributed by atoms with Crippen molar-refractivity contribution >= 4 is 17.7 Å². The number of ether oxygens (including phenoxy) is 1. The number of carbonyl (C=O) groups is 1. The van der Waals surface area contributed by atoms with Crippen molar-refractivity contribution in [3.63, 3.8) is 0 Å². The van der Waals surface area contributed by atoms with Gasteiger partial charge >= 0.3 is 0 Å². The van der Waals surface area contributed by atoms with E-state index in [9.17, 15) is 4.79 Å². The van der Waals surface area contributed by atoms with Crippen molar-refractivity contribution in [3.8, 4) is 5.75 Å². The SMILES string of the molecule is CC(C)(C)SCCOc1ccc(C(=O)NN)cc1. The third kappa shape index (κ3) is 5.42. The molecule has 1 amide bonds. The van der Waals surface area contributed by atoms with Gasteiger partial charge in [-0.25, -0.2) is 5.84 Å². The molecule has 100 valence electrons. The van der Waals surface area contributed by atoms with Crippen LogP contribution in [-0.2, 0) is 0 Å². The van der Waals surface area contributed by atoms with E-state index < -0.39 is 0 Å². The summed E-state index contributed by atoms with van der Waals surface area (Å²) in [7, 11) is 0. The third-order valence-corrected chi connectivity index (χ3v) is 3.37. The molecule has 0 radical (unpaired) electrons. The highest BCUT2D eigenvalue weighted by atomic mass is 32.2. The molecule has 0 heterocycles. The van der Waals surface area contributed by atoms with Crippen LogP contribution in [0, 0.1) is 0 Å². The second-order valence-electron chi connectivity index (χ2n) is 4.81. The number of hydrogen-bond donors (Lipinski definition) is 2. The van der Waals surface area contributed by atoms with Crippen LogP contribution in [0.2, 0.25) is 0 Å². The highest BCUT2D eigenvalue weighted by Gasteiger charge is 2.09. The first-order chi connectivity index (χ1) is 8.42. The van der Waals surface area contributed by atoms with Crippen molar-refractivity contribution in [2.45, 2.75) is 25.5 Å². The number of hydrazine groups is 1. The Balaban J connectivity index is 2.38. The first-order valence-electron chi connectivity index (χ1n) is 5.80. The Morgan fingerprint density at radius 3 is 2.44 bits per heavy atom. The number of thioether (sulfide) groups is 1. The predicted molar refractivity (Wildman–Crippen MR) is 75.8 cm³/mol. The second-order valence-corrected chi connectivity index (χ2v) is 6.73. The summed E-state index contributed by atoms with van der Waals surface area (Å²) < 4.78 is 5.84. The number of nitrogens with one attached hydrogen (secondary N) is 1. The lowest BCUT2D eigenvalue weighted by atomic mass is 10.2. The summed E-state index contributed by atoms with van der Waals surface area (Å²) in [6.07, 6.45) is 0. The van der Waals surface area contributed by atoms with Crippen molar-refractivity contribution in [3.05, 3.63) is 29.8 Å². The Morgan fingerprint density at radius 1 is 1.33 bits per heavy atom. The van der Waals surface area contributed by atoms with Crippen LogP contribution in [0.25, 0.3) is 0 Å². The molecule has 0 bridgehead atoms. The average Bonchev–Trinajstić information content (AvgIpc) is 2.33. The third-order valence-electron chi connectivity index (χ3n) is 2.13. The topological polar surface area (TPSA) is 64.3 Å². The molecule has 0 aliphatic carbocycles. The number of amides is 1. The normalized spacial score (nSPS) is 11.1. The van der Waals surface area contributed by atoms with E-state index in [1.54, 1.807) is 24.3 Å². The number of rotatable bonds is 5. The molecule has 0 aromatic heterocycles. The molecule has 3 N–H and O–H groups in total. The van der Waals surface area contributed by atoms with Crippen LogP contribution < -0.4 is 16.0 Å². The minimum atomic E-state index is -0.301. The monoisotopic (exact) mass is 268 g/mol. The number of carbonyl (C=O) groups excluding carboxylic acids is 1. The van der Waals surface area contributed by atoms with Crippen molar-refractivity contribution in [2.24, 2.45) is 5.84 Å². The number of hydrogen-bond acceptors (Lipinski definition) is 4. The van der Waals surface area contributed by atoms with E-state index in [0.29, 0.717) is 12.2 Å². The van der Waals surface area contributed by atoms with Gasteiger partial charge in [-0.1, -0.05) is 20.8 Å². The second kappa shape index (κ2) is 6.66. The van der Waals surface area contributed by atoms with Gasteiger partial charge in [0.25, 0.3) is 5.91 Å². The predicted octanol–water partition coefficient (Wildman–Crippen LogP) is 2.20. The van der Waals surface area contributed by atoms with Crippen molar-refractivity contribution in [1.82, 2.24) is 5.43 Å². The Morgan fingerprint density at radius 2 is 1.94 bits per heavy atom. The van der Waals surface area contributed by atoms with E-state index >= 15 is 0 Å². The van der Waals surface area contributed by atoms with E-state index in [2.05, 4.69) is 26.2 Å². The molecule has 1 aromatic rings. The molecule has 0 aliphatic heterocycles. The first-order valence-corrected chi connectivity index (χ1v) is 6.79. The standard InChI is InChI=1S/C13H20N2O2S/c1-13(2,3)18-9-8-17-11-6-4-10(5-7-11)12(16)15-14/h4-7H,8-9,14H2,1-3H3,(H,15,16). The minimum Gasteiger partial charge on any atom is -0.493 e. The lowest BCUT2D eigenvalue weighted by Crippen LogP contribution is -2.29. The van der Waals surface area contributed by atoms with Gasteiger partial charge in [-0.15, -0.1) is 0 Å². The summed E-state index contributed by atoms with van der Waals surface area (Å²) >= 11 is 1.86. The van der Waals surface area contributed by atoms with Gasteiger partial charge < -0.3 is 4.74 Å². The smallest absolute Gasteiger partial charge is 0.265 e. The molecule has 0 spiro atoms. The summed E-state index contributed by atoms with van der Waals surface area (Å²) in [5.74, 6) is 6.45. The Bertz CT molecular complexity index is 385. The average molecular weight is 268 g/mol. The largest absolute Gasteiger partial charge is 0.493 e. The Kier molecular flexibility index (Phi) is 5.50. The molecule has 4 nitrogen and oxygen atoms in total.